The van der Waals surface area contributed by atoms with Crippen LogP contribution in [0.2, 0.25) is 0 Å². The summed E-state index contributed by atoms with van der Waals surface area (Å²) in [6.07, 6.45) is 0.159. The standard InChI is InChI=1S/C17H17NOSe/c1-12-7-9-14(10-8-12)17-18-16(19)11-15(20-17)13-5-3-2-4-6-13/h2-10,15-16,19H,11H2,1H3/t15-,16-/m1/s1. The monoisotopic (exact) mass is 331 g/mol. The molecule has 2 nitrogen and oxygen atoms in total. The van der Waals surface area contributed by atoms with Crippen molar-refractivity contribution in [3.63, 3.8) is 0 Å². The van der Waals surface area contributed by atoms with Crippen LogP contribution in [-0.4, -0.2) is 30.9 Å². The van der Waals surface area contributed by atoms with Gasteiger partial charge in [0.15, 0.2) is 0 Å². The van der Waals surface area contributed by atoms with Gasteiger partial charge in [0.2, 0.25) is 0 Å². The van der Waals surface area contributed by atoms with Gasteiger partial charge in [-0.1, -0.05) is 0 Å². The van der Waals surface area contributed by atoms with Crippen molar-refractivity contribution in [2.75, 3.05) is 0 Å². The summed E-state index contributed by atoms with van der Waals surface area (Å²) in [5, 5.41) is 10.0. The Hall–Kier alpha value is -1.41. The zero-order valence-corrected chi connectivity index (χ0v) is 13.1. The van der Waals surface area contributed by atoms with Crippen LogP contribution < -0.4 is 0 Å². The van der Waals surface area contributed by atoms with Gasteiger partial charge in [0.05, 0.1) is 0 Å². The first-order chi connectivity index (χ1) is 9.72. The van der Waals surface area contributed by atoms with Gasteiger partial charge in [-0.25, -0.2) is 0 Å². The summed E-state index contributed by atoms with van der Waals surface area (Å²) >= 11 is 0.260. The fraction of sp³-hybridized carbons (Fsp3) is 0.235. The summed E-state index contributed by atoms with van der Waals surface area (Å²) in [4.78, 5) is 4.87. The molecular formula is C17H17NOSe. The average Bonchev–Trinajstić information content (AvgIpc) is 2.48. The summed E-state index contributed by atoms with van der Waals surface area (Å²) in [6, 6.07) is 18.9. The van der Waals surface area contributed by atoms with Crippen molar-refractivity contribution in [3.05, 3.63) is 71.3 Å². The van der Waals surface area contributed by atoms with Gasteiger partial charge in [0.25, 0.3) is 0 Å². The molecule has 2 aromatic rings. The molecule has 3 rings (SSSR count). The molecule has 1 aliphatic rings. The van der Waals surface area contributed by atoms with Crippen molar-refractivity contribution in [2.24, 2.45) is 4.99 Å². The fourth-order valence-electron chi connectivity index (χ4n) is 2.30. The quantitative estimate of drug-likeness (QED) is 0.844. The number of hydrogen-bond acceptors (Lipinski definition) is 2. The number of rotatable bonds is 2. The Morgan fingerprint density at radius 2 is 1.75 bits per heavy atom. The van der Waals surface area contributed by atoms with Gasteiger partial charge in [-0.3, -0.25) is 0 Å². The second kappa shape index (κ2) is 5.92. The first-order valence-corrected chi connectivity index (χ1v) is 8.61. The molecule has 0 saturated heterocycles. The topological polar surface area (TPSA) is 32.6 Å². The predicted molar refractivity (Wildman–Crippen MR) is 83.3 cm³/mol. The van der Waals surface area contributed by atoms with E-state index in [9.17, 15) is 5.11 Å². The first kappa shape index (κ1) is 13.6. The van der Waals surface area contributed by atoms with Crippen molar-refractivity contribution >= 4 is 19.6 Å². The Balaban J connectivity index is 1.87. The van der Waals surface area contributed by atoms with Gasteiger partial charge in [-0.15, -0.1) is 0 Å². The Kier molecular flexibility index (Phi) is 4.02. The molecule has 1 N–H and O–H groups in total. The molecule has 0 aromatic heterocycles. The van der Waals surface area contributed by atoms with Gasteiger partial charge >= 0.3 is 125 Å². The van der Waals surface area contributed by atoms with Crippen molar-refractivity contribution in [1.29, 1.82) is 0 Å². The molecule has 0 unspecified atom stereocenters. The fourth-order valence-corrected chi connectivity index (χ4v) is 5.00. The first-order valence-electron chi connectivity index (χ1n) is 6.77. The number of hydrogen-bond donors (Lipinski definition) is 1. The second-order valence-corrected chi connectivity index (χ2v) is 7.53. The minimum atomic E-state index is -0.577. The molecule has 0 spiro atoms. The molecule has 2 atom stereocenters. The third kappa shape index (κ3) is 3.01. The Morgan fingerprint density at radius 3 is 2.45 bits per heavy atom. The van der Waals surface area contributed by atoms with Crippen LogP contribution in [0.4, 0.5) is 0 Å². The van der Waals surface area contributed by atoms with Crippen molar-refractivity contribution in [1.82, 2.24) is 0 Å². The van der Waals surface area contributed by atoms with Crippen LogP contribution in [0.3, 0.4) is 0 Å². The van der Waals surface area contributed by atoms with E-state index in [0.29, 0.717) is 4.82 Å². The zero-order valence-electron chi connectivity index (χ0n) is 11.4. The van der Waals surface area contributed by atoms with Gasteiger partial charge < -0.3 is 0 Å². The van der Waals surface area contributed by atoms with E-state index < -0.39 is 6.23 Å². The third-order valence-electron chi connectivity index (χ3n) is 3.41. The minimum absolute atomic E-state index is 0.260. The van der Waals surface area contributed by atoms with Gasteiger partial charge in [0.1, 0.15) is 0 Å². The Morgan fingerprint density at radius 1 is 1.05 bits per heavy atom. The van der Waals surface area contributed by atoms with Crippen molar-refractivity contribution in [3.8, 4) is 0 Å². The molecular weight excluding hydrogens is 313 g/mol. The van der Waals surface area contributed by atoms with Crippen LogP contribution in [0.1, 0.15) is 27.9 Å². The Bertz CT molecular complexity index is 607. The van der Waals surface area contributed by atoms with E-state index in [2.05, 4.69) is 60.4 Å². The predicted octanol–water partition coefficient (Wildman–Crippen LogP) is 2.91. The van der Waals surface area contributed by atoms with Crippen LogP contribution in [0.5, 0.6) is 0 Å². The van der Waals surface area contributed by atoms with E-state index in [0.717, 1.165) is 16.6 Å². The third-order valence-corrected chi connectivity index (χ3v) is 6.17. The molecule has 2 aromatic carbocycles. The summed E-state index contributed by atoms with van der Waals surface area (Å²) < 4.78 is 1.07. The maximum absolute atomic E-state index is 10.0. The molecule has 1 heterocycles. The molecule has 102 valence electrons. The summed E-state index contributed by atoms with van der Waals surface area (Å²) in [5.41, 5.74) is 3.71. The van der Waals surface area contributed by atoms with E-state index in [1.807, 2.05) is 6.07 Å². The number of aliphatic hydroxyl groups is 1. The molecule has 0 aliphatic carbocycles. The molecule has 20 heavy (non-hydrogen) atoms. The molecule has 0 radical (unpaired) electrons. The summed E-state index contributed by atoms with van der Waals surface area (Å²) in [5.74, 6) is 0. The second-order valence-electron chi connectivity index (χ2n) is 5.03. The van der Waals surface area contributed by atoms with Gasteiger partial charge in [-0.2, -0.15) is 0 Å². The van der Waals surface area contributed by atoms with E-state index in [1.165, 1.54) is 11.1 Å². The van der Waals surface area contributed by atoms with Gasteiger partial charge in [0, 0.05) is 0 Å². The number of aliphatic hydroxyl groups excluding tert-OH is 1. The van der Waals surface area contributed by atoms with Crippen LogP contribution in [-0.2, 0) is 0 Å². The van der Waals surface area contributed by atoms with Crippen LogP contribution >= 0.6 is 0 Å². The normalized spacial score (nSPS) is 22.4. The van der Waals surface area contributed by atoms with Crippen LogP contribution in [0.15, 0.2) is 59.6 Å². The van der Waals surface area contributed by atoms with Gasteiger partial charge in [-0.05, 0) is 0 Å². The molecule has 0 fully saturated rings. The number of nitrogens with zero attached hydrogens (tertiary/aromatic N) is 1. The zero-order chi connectivity index (χ0) is 13.9. The average molecular weight is 330 g/mol. The van der Waals surface area contributed by atoms with Crippen LogP contribution in [0, 0.1) is 6.92 Å². The van der Waals surface area contributed by atoms with E-state index >= 15 is 0 Å². The summed E-state index contributed by atoms with van der Waals surface area (Å²) in [6.45, 7) is 2.08. The molecule has 0 bridgehead atoms. The van der Waals surface area contributed by atoms with Crippen molar-refractivity contribution < 1.29 is 5.11 Å². The molecule has 1 aliphatic heterocycles. The van der Waals surface area contributed by atoms with E-state index in [-0.39, 0.29) is 15.0 Å². The number of aliphatic imine (C=N–C) groups is 1. The van der Waals surface area contributed by atoms with Crippen LogP contribution in [0.25, 0.3) is 0 Å². The SMILES string of the molecule is Cc1ccc(C2=N[C@H](O)C[C@H](c3ccccc3)[Se]2)cc1. The molecule has 0 saturated carbocycles. The Labute approximate surface area is 125 Å². The van der Waals surface area contributed by atoms with E-state index in [1.54, 1.807) is 0 Å². The molecule has 0 amide bonds. The van der Waals surface area contributed by atoms with E-state index in [4.69, 9.17) is 0 Å². The number of aryl methyl sites for hydroxylation is 1. The number of benzene rings is 2. The summed E-state index contributed by atoms with van der Waals surface area (Å²) in [7, 11) is 0. The maximum atomic E-state index is 10.0. The molecule has 3 heteroatoms. The van der Waals surface area contributed by atoms with Crippen molar-refractivity contribution in [2.45, 2.75) is 24.4 Å².